The van der Waals surface area contributed by atoms with Gasteiger partial charge in [-0.15, -0.1) is 0 Å². The fraction of sp³-hybridized carbons (Fsp3) is 0.167. The predicted octanol–water partition coefficient (Wildman–Crippen LogP) is 5.42. The van der Waals surface area contributed by atoms with Crippen LogP contribution in [0, 0.1) is 0 Å². The van der Waals surface area contributed by atoms with Crippen molar-refractivity contribution < 1.29 is 9.53 Å². The molecule has 1 aromatic heterocycles. The number of carbonyl (C=O) groups is 1. The molecule has 0 fully saturated rings. The molecular weight excluding hydrogens is 562 g/mol. The Morgan fingerprint density at radius 1 is 1.08 bits per heavy atom. The van der Waals surface area contributed by atoms with Crippen LogP contribution in [0.5, 0.6) is 5.75 Å². The smallest absolute Gasteiger partial charge is 0.271 e. The Kier molecular flexibility index (Phi) is 7.44. The minimum absolute atomic E-state index is 0.0176. The minimum atomic E-state index is -0.618. The molecule has 0 radical (unpaired) electrons. The van der Waals surface area contributed by atoms with Crippen LogP contribution in [0.4, 0.5) is 5.69 Å². The molecule has 0 saturated carbocycles. The number of allylic oxidation sites excluding steroid dienone is 1. The molecule has 192 valence electrons. The van der Waals surface area contributed by atoms with Crippen molar-refractivity contribution in [3.05, 3.63) is 125 Å². The number of halogens is 1. The maximum absolute atomic E-state index is 13.9. The molecule has 2 heterocycles. The van der Waals surface area contributed by atoms with Gasteiger partial charge in [-0.25, -0.2) is 4.99 Å². The zero-order chi connectivity index (χ0) is 26.8. The summed E-state index contributed by atoms with van der Waals surface area (Å²) in [5.41, 5.74) is 3.09. The van der Waals surface area contributed by atoms with Crippen LogP contribution in [0.15, 0.2) is 104 Å². The van der Waals surface area contributed by atoms with Gasteiger partial charge in [0.15, 0.2) is 4.80 Å². The lowest BCUT2D eigenvalue weighted by atomic mass is 9.95. The third kappa shape index (κ3) is 5.28. The van der Waals surface area contributed by atoms with Crippen LogP contribution < -0.4 is 24.9 Å². The highest BCUT2D eigenvalue weighted by atomic mass is 79.9. The lowest BCUT2D eigenvalue weighted by Gasteiger charge is -2.25. The number of nitrogens with one attached hydrogen (secondary N) is 1. The Bertz CT molecular complexity index is 1710. The molecule has 0 bridgehead atoms. The molecule has 1 aliphatic heterocycles. The number of hydrogen-bond donors (Lipinski definition) is 1. The maximum Gasteiger partial charge on any atom is 0.271 e. The van der Waals surface area contributed by atoms with Gasteiger partial charge in [-0.3, -0.25) is 14.2 Å². The Hall–Kier alpha value is -3.75. The van der Waals surface area contributed by atoms with E-state index in [2.05, 4.69) is 21.2 Å². The van der Waals surface area contributed by atoms with Crippen molar-refractivity contribution in [3.63, 3.8) is 0 Å². The molecule has 1 N–H and O–H groups in total. The second kappa shape index (κ2) is 10.9. The zero-order valence-electron chi connectivity index (χ0n) is 21.1. The van der Waals surface area contributed by atoms with Gasteiger partial charge in [-0.1, -0.05) is 75.8 Å². The first-order valence-corrected chi connectivity index (χ1v) is 13.8. The van der Waals surface area contributed by atoms with Crippen molar-refractivity contribution in [2.45, 2.75) is 32.9 Å². The Morgan fingerprint density at radius 2 is 1.76 bits per heavy atom. The van der Waals surface area contributed by atoms with Crippen molar-refractivity contribution in [1.29, 1.82) is 0 Å². The average molecular weight is 589 g/mol. The second-order valence-corrected chi connectivity index (χ2v) is 11.1. The second-order valence-electron chi connectivity index (χ2n) is 9.16. The number of fused-ring (bicyclic) bond motifs is 1. The van der Waals surface area contributed by atoms with Crippen molar-refractivity contribution >= 4 is 44.9 Å². The van der Waals surface area contributed by atoms with E-state index in [9.17, 15) is 9.59 Å². The van der Waals surface area contributed by atoms with Crippen LogP contribution in [0.25, 0.3) is 6.08 Å². The van der Waals surface area contributed by atoms with E-state index in [1.165, 1.54) is 11.3 Å². The van der Waals surface area contributed by atoms with Gasteiger partial charge in [0, 0.05) is 15.7 Å². The lowest BCUT2D eigenvalue weighted by molar-refractivity contribution is -0.113. The van der Waals surface area contributed by atoms with E-state index in [1.807, 2.05) is 106 Å². The number of anilines is 1. The molecule has 5 rings (SSSR count). The monoisotopic (exact) mass is 587 g/mol. The van der Waals surface area contributed by atoms with E-state index >= 15 is 0 Å². The molecule has 6 nitrogen and oxygen atoms in total. The summed E-state index contributed by atoms with van der Waals surface area (Å²) in [5, 5.41) is 2.97. The number of benzene rings is 3. The van der Waals surface area contributed by atoms with Crippen LogP contribution in [-0.2, 0) is 4.79 Å². The zero-order valence-corrected chi connectivity index (χ0v) is 23.5. The van der Waals surface area contributed by atoms with Crippen molar-refractivity contribution in [1.82, 2.24) is 4.57 Å². The van der Waals surface area contributed by atoms with Crippen molar-refractivity contribution in [2.75, 3.05) is 5.32 Å². The third-order valence-electron chi connectivity index (χ3n) is 6.03. The molecule has 0 saturated heterocycles. The molecule has 1 atom stereocenters. The summed E-state index contributed by atoms with van der Waals surface area (Å²) in [6.45, 7) is 5.74. The number of para-hydroxylation sites is 1. The van der Waals surface area contributed by atoms with Gasteiger partial charge in [-0.05, 0) is 62.7 Å². The van der Waals surface area contributed by atoms with E-state index in [4.69, 9.17) is 9.73 Å². The normalized spacial score (nSPS) is 15.3. The highest BCUT2D eigenvalue weighted by Crippen LogP contribution is 2.31. The van der Waals surface area contributed by atoms with Gasteiger partial charge in [0.25, 0.3) is 11.5 Å². The van der Waals surface area contributed by atoms with Crippen molar-refractivity contribution in [2.24, 2.45) is 4.99 Å². The number of aromatic nitrogens is 1. The summed E-state index contributed by atoms with van der Waals surface area (Å²) in [6, 6.07) is 24.0. The molecule has 0 unspecified atom stereocenters. The molecule has 38 heavy (non-hydrogen) atoms. The first kappa shape index (κ1) is 25.9. The highest BCUT2D eigenvalue weighted by molar-refractivity contribution is 9.10. The molecule has 0 spiro atoms. The maximum atomic E-state index is 13.9. The fourth-order valence-electron chi connectivity index (χ4n) is 4.42. The minimum Gasteiger partial charge on any atom is -0.490 e. The lowest BCUT2D eigenvalue weighted by Crippen LogP contribution is -2.40. The molecule has 0 aliphatic carbocycles. The van der Waals surface area contributed by atoms with E-state index < -0.39 is 6.04 Å². The standard InChI is InChI=1S/C30H26BrN3O3S/c1-18(2)37-24-15-14-22(31)16-21(24)17-25-29(36)34-27(20-10-6-4-7-11-20)26(19(3)32-30(34)38-25)28(35)33-23-12-8-5-9-13-23/h4-18,27H,1-3H3,(H,33,35)/b25-17+/t27-/m0/s1. The van der Waals surface area contributed by atoms with Gasteiger partial charge in [0.1, 0.15) is 5.75 Å². The van der Waals surface area contributed by atoms with E-state index in [1.54, 1.807) is 4.57 Å². The van der Waals surface area contributed by atoms with Gasteiger partial charge >= 0.3 is 0 Å². The number of ether oxygens (including phenoxy) is 1. The van der Waals surface area contributed by atoms with Crippen LogP contribution >= 0.6 is 27.3 Å². The first-order chi connectivity index (χ1) is 18.3. The number of nitrogens with zero attached hydrogens (tertiary/aromatic N) is 2. The first-order valence-electron chi connectivity index (χ1n) is 12.2. The highest BCUT2D eigenvalue weighted by Gasteiger charge is 2.32. The number of thiazole rings is 1. The summed E-state index contributed by atoms with van der Waals surface area (Å²) in [6.07, 6.45) is 1.81. The topological polar surface area (TPSA) is 72.7 Å². The molecule has 1 amide bonds. The van der Waals surface area contributed by atoms with E-state index in [0.717, 1.165) is 15.6 Å². The average Bonchev–Trinajstić information content (AvgIpc) is 3.19. The molecular formula is C30H26BrN3O3S. The summed E-state index contributed by atoms with van der Waals surface area (Å²) >= 11 is 4.83. The Morgan fingerprint density at radius 3 is 2.45 bits per heavy atom. The Labute approximate surface area is 232 Å². The Balaban J connectivity index is 1.67. The number of carbonyl (C=O) groups excluding carboxylic acids is 1. The van der Waals surface area contributed by atoms with E-state index in [0.29, 0.717) is 32.0 Å². The van der Waals surface area contributed by atoms with Gasteiger partial charge < -0.3 is 10.1 Å². The van der Waals surface area contributed by atoms with Gasteiger partial charge in [0.05, 0.1) is 27.9 Å². The summed E-state index contributed by atoms with van der Waals surface area (Å²) in [5.74, 6) is 0.396. The SMILES string of the molecule is CC1=C(C(=O)Nc2ccccc2)[C@H](c2ccccc2)n2c(s/c(=C/c3cc(Br)ccc3OC(C)C)c2=O)=N1. The molecule has 4 aromatic rings. The number of hydrogen-bond acceptors (Lipinski definition) is 5. The molecule has 1 aliphatic rings. The number of rotatable bonds is 6. The van der Waals surface area contributed by atoms with Crippen LogP contribution in [0.2, 0.25) is 0 Å². The fourth-order valence-corrected chi connectivity index (χ4v) is 5.83. The van der Waals surface area contributed by atoms with Crippen molar-refractivity contribution in [3.8, 4) is 5.75 Å². The quantitative estimate of drug-likeness (QED) is 0.327. The molecule has 8 heteroatoms. The summed E-state index contributed by atoms with van der Waals surface area (Å²) in [4.78, 5) is 32.8. The largest absolute Gasteiger partial charge is 0.490 e. The predicted molar refractivity (Wildman–Crippen MR) is 155 cm³/mol. The summed E-state index contributed by atoms with van der Waals surface area (Å²) in [7, 11) is 0. The van der Waals surface area contributed by atoms with Gasteiger partial charge in [-0.2, -0.15) is 0 Å². The van der Waals surface area contributed by atoms with Crippen LogP contribution in [-0.4, -0.2) is 16.6 Å². The van der Waals surface area contributed by atoms with Gasteiger partial charge in [0.2, 0.25) is 0 Å². The summed E-state index contributed by atoms with van der Waals surface area (Å²) < 4.78 is 9.00. The number of amides is 1. The third-order valence-corrected chi connectivity index (χ3v) is 7.51. The van der Waals surface area contributed by atoms with Crippen LogP contribution in [0.3, 0.4) is 0 Å². The van der Waals surface area contributed by atoms with E-state index in [-0.39, 0.29) is 17.6 Å². The van der Waals surface area contributed by atoms with Crippen LogP contribution in [0.1, 0.15) is 37.9 Å². The molecule has 3 aromatic carbocycles.